The summed E-state index contributed by atoms with van der Waals surface area (Å²) in [6.07, 6.45) is -3.18. The van der Waals surface area contributed by atoms with Gasteiger partial charge in [0, 0.05) is 0 Å². The van der Waals surface area contributed by atoms with E-state index in [1.54, 1.807) is 0 Å². The lowest BCUT2D eigenvalue weighted by Gasteiger charge is -2.11. The first-order valence-corrected chi connectivity index (χ1v) is 3.22. The van der Waals surface area contributed by atoms with Gasteiger partial charge >= 0.3 is 5.97 Å². The van der Waals surface area contributed by atoms with E-state index in [0.29, 0.717) is 0 Å². The van der Waals surface area contributed by atoms with Crippen molar-refractivity contribution in [2.45, 2.75) is 18.3 Å². The Labute approximate surface area is 63.5 Å². The summed E-state index contributed by atoms with van der Waals surface area (Å²) in [6.45, 7) is -0.0269. The minimum Gasteiger partial charge on any atom is -0.467 e. The van der Waals surface area contributed by atoms with Crippen LogP contribution in [0.25, 0.3) is 0 Å². The number of carbonyl (C=O) groups is 1. The predicted molar refractivity (Wildman–Crippen MR) is 33.8 cm³/mol. The Morgan fingerprint density at radius 2 is 2.27 bits per heavy atom. The Bertz CT molecular complexity index is 157. The minimum absolute atomic E-state index is 0.0269. The van der Waals surface area contributed by atoms with Crippen LogP contribution < -0.4 is 0 Å². The highest BCUT2D eigenvalue weighted by Gasteiger charge is 2.40. The molecular weight excluding hydrogens is 152 g/mol. The lowest BCUT2D eigenvalue weighted by molar-refractivity contribution is -0.155. The smallest absolute Gasteiger partial charge is 0.337 e. The van der Waals surface area contributed by atoms with Gasteiger partial charge in [-0.05, 0) is 0 Å². The number of carbonyl (C=O) groups excluding carboxylic acids is 1. The largest absolute Gasteiger partial charge is 0.467 e. The molecule has 1 rings (SSSR count). The lowest BCUT2D eigenvalue weighted by atomic mass is 10.1. The molecule has 0 amide bonds. The van der Waals surface area contributed by atoms with E-state index >= 15 is 0 Å². The molecule has 0 aromatic rings. The Balaban J connectivity index is 2.54. The predicted octanol–water partition coefficient (Wildman–Crippen LogP) is -1.72. The Hall–Kier alpha value is -0.650. The number of aliphatic hydroxyl groups is 2. The highest BCUT2D eigenvalue weighted by atomic mass is 16.6. The topological polar surface area (TPSA) is 76.0 Å². The van der Waals surface area contributed by atoms with Gasteiger partial charge in [-0.15, -0.1) is 0 Å². The molecule has 0 aliphatic carbocycles. The van der Waals surface area contributed by atoms with Crippen LogP contribution >= 0.6 is 0 Å². The molecule has 0 unspecified atom stereocenters. The minimum atomic E-state index is -1.16. The fourth-order valence-electron chi connectivity index (χ4n) is 0.925. The second-order valence-electron chi connectivity index (χ2n) is 2.34. The van der Waals surface area contributed by atoms with Crippen molar-refractivity contribution >= 4 is 5.97 Å². The van der Waals surface area contributed by atoms with Crippen LogP contribution in [0.15, 0.2) is 0 Å². The number of hydrogen-bond acceptors (Lipinski definition) is 5. The van der Waals surface area contributed by atoms with Gasteiger partial charge in [-0.2, -0.15) is 0 Å². The Morgan fingerprint density at radius 1 is 1.64 bits per heavy atom. The summed E-state index contributed by atoms with van der Waals surface area (Å²) in [7, 11) is 1.20. The van der Waals surface area contributed by atoms with E-state index in [9.17, 15) is 4.79 Å². The number of hydrogen-bond donors (Lipinski definition) is 2. The maximum Gasteiger partial charge on any atom is 0.337 e. The third kappa shape index (κ3) is 1.50. The monoisotopic (exact) mass is 162 g/mol. The Kier molecular flexibility index (Phi) is 2.43. The summed E-state index contributed by atoms with van der Waals surface area (Å²) in [5, 5.41) is 18.0. The van der Waals surface area contributed by atoms with Gasteiger partial charge < -0.3 is 19.7 Å². The van der Waals surface area contributed by atoms with E-state index in [1.165, 1.54) is 7.11 Å². The molecule has 5 nitrogen and oxygen atoms in total. The number of methoxy groups -OCH3 is 1. The van der Waals surface area contributed by atoms with Crippen LogP contribution in [0, 0.1) is 0 Å². The van der Waals surface area contributed by atoms with Crippen LogP contribution in [0.2, 0.25) is 0 Å². The maximum atomic E-state index is 10.8. The molecule has 5 heteroatoms. The van der Waals surface area contributed by atoms with Crippen LogP contribution in [0.3, 0.4) is 0 Å². The average molecular weight is 162 g/mol. The molecule has 0 spiro atoms. The fraction of sp³-hybridized carbons (Fsp3) is 0.833. The molecule has 11 heavy (non-hydrogen) atoms. The molecule has 0 saturated carbocycles. The lowest BCUT2D eigenvalue weighted by Crippen LogP contribution is -2.36. The molecule has 0 aromatic heterocycles. The van der Waals surface area contributed by atoms with Crippen LogP contribution in [0.1, 0.15) is 0 Å². The van der Waals surface area contributed by atoms with Crippen LogP contribution in [-0.2, 0) is 14.3 Å². The molecule has 1 aliphatic rings. The van der Waals surface area contributed by atoms with Crippen molar-refractivity contribution in [3.05, 3.63) is 0 Å². The van der Waals surface area contributed by atoms with Crippen molar-refractivity contribution in [3.63, 3.8) is 0 Å². The van der Waals surface area contributed by atoms with Crippen LogP contribution in [-0.4, -0.2) is 48.2 Å². The summed E-state index contributed by atoms with van der Waals surface area (Å²) < 4.78 is 9.07. The first-order chi connectivity index (χ1) is 5.16. The maximum absolute atomic E-state index is 10.8. The SMILES string of the molecule is COC(=O)[C@H]1OC[C@H](O)[C@@H]1O. The molecule has 0 aromatic carbocycles. The molecule has 1 aliphatic heterocycles. The second-order valence-corrected chi connectivity index (χ2v) is 2.34. The zero-order valence-corrected chi connectivity index (χ0v) is 6.06. The molecule has 3 atom stereocenters. The standard InChI is InChI=1S/C6H10O5/c1-10-6(9)5-4(8)3(7)2-11-5/h3-5,7-8H,2H2,1H3/t3-,4-,5-/m0/s1. The van der Waals surface area contributed by atoms with E-state index in [4.69, 9.17) is 14.9 Å². The summed E-state index contributed by atoms with van der Waals surface area (Å²) in [5.41, 5.74) is 0. The molecule has 1 heterocycles. The van der Waals surface area contributed by atoms with Gasteiger partial charge in [0.15, 0.2) is 6.10 Å². The average Bonchev–Trinajstić information content (AvgIpc) is 2.32. The molecule has 1 fully saturated rings. The first kappa shape index (κ1) is 8.45. The number of esters is 1. The molecule has 64 valence electrons. The highest BCUT2D eigenvalue weighted by Crippen LogP contribution is 2.14. The van der Waals surface area contributed by atoms with Gasteiger partial charge in [0.05, 0.1) is 13.7 Å². The third-order valence-electron chi connectivity index (χ3n) is 1.58. The van der Waals surface area contributed by atoms with E-state index in [2.05, 4.69) is 4.74 Å². The quantitative estimate of drug-likeness (QED) is 0.448. The zero-order chi connectivity index (χ0) is 8.43. The fourth-order valence-corrected chi connectivity index (χ4v) is 0.925. The van der Waals surface area contributed by atoms with Crippen molar-refractivity contribution in [1.82, 2.24) is 0 Å². The molecule has 0 radical (unpaired) electrons. The van der Waals surface area contributed by atoms with Gasteiger partial charge in [0.2, 0.25) is 0 Å². The summed E-state index contributed by atoms with van der Waals surface area (Å²) in [4.78, 5) is 10.8. The van der Waals surface area contributed by atoms with Crippen molar-refractivity contribution in [1.29, 1.82) is 0 Å². The van der Waals surface area contributed by atoms with E-state index in [-0.39, 0.29) is 6.61 Å². The zero-order valence-electron chi connectivity index (χ0n) is 6.06. The third-order valence-corrected chi connectivity index (χ3v) is 1.58. The van der Waals surface area contributed by atoms with Crippen LogP contribution in [0.5, 0.6) is 0 Å². The Morgan fingerprint density at radius 3 is 2.64 bits per heavy atom. The number of aliphatic hydroxyl groups excluding tert-OH is 2. The van der Waals surface area contributed by atoms with Crippen molar-refractivity contribution in [2.24, 2.45) is 0 Å². The van der Waals surface area contributed by atoms with Crippen molar-refractivity contribution < 1.29 is 24.5 Å². The molecule has 1 saturated heterocycles. The van der Waals surface area contributed by atoms with Gasteiger partial charge in [0.25, 0.3) is 0 Å². The molecular formula is C6H10O5. The van der Waals surface area contributed by atoms with Crippen molar-refractivity contribution in [3.8, 4) is 0 Å². The van der Waals surface area contributed by atoms with Gasteiger partial charge in [-0.25, -0.2) is 4.79 Å². The number of rotatable bonds is 1. The number of ether oxygens (including phenoxy) is 2. The summed E-state index contributed by atoms with van der Waals surface area (Å²) >= 11 is 0. The van der Waals surface area contributed by atoms with E-state index in [1.807, 2.05) is 0 Å². The van der Waals surface area contributed by atoms with Gasteiger partial charge in [-0.1, -0.05) is 0 Å². The van der Waals surface area contributed by atoms with E-state index in [0.717, 1.165) is 0 Å². The molecule has 2 N–H and O–H groups in total. The van der Waals surface area contributed by atoms with Crippen molar-refractivity contribution in [2.75, 3.05) is 13.7 Å². The van der Waals surface area contributed by atoms with Gasteiger partial charge in [0.1, 0.15) is 12.2 Å². The first-order valence-electron chi connectivity index (χ1n) is 3.22. The summed E-state index contributed by atoms with van der Waals surface area (Å²) in [5.74, 6) is -0.658. The second kappa shape index (κ2) is 3.17. The van der Waals surface area contributed by atoms with Gasteiger partial charge in [-0.3, -0.25) is 0 Å². The van der Waals surface area contributed by atoms with Crippen LogP contribution in [0.4, 0.5) is 0 Å². The highest BCUT2D eigenvalue weighted by molar-refractivity contribution is 5.75. The molecule has 0 bridgehead atoms. The summed E-state index contributed by atoms with van der Waals surface area (Å²) in [6, 6.07) is 0. The van der Waals surface area contributed by atoms with E-state index < -0.39 is 24.3 Å². The normalized spacial score (nSPS) is 37.2.